The number of allylic oxidation sites excluding steroid dienone is 1. The van der Waals surface area contributed by atoms with E-state index in [9.17, 15) is 0 Å². The number of nitriles is 1. The lowest BCUT2D eigenvalue weighted by Gasteiger charge is -1.96. The highest BCUT2D eigenvalue weighted by Gasteiger charge is 2.03. The monoisotopic (exact) mass is 148 g/mol. The van der Waals surface area contributed by atoms with Crippen molar-refractivity contribution in [2.24, 2.45) is 0 Å². The van der Waals surface area contributed by atoms with Gasteiger partial charge in [0.1, 0.15) is 17.5 Å². The van der Waals surface area contributed by atoms with Gasteiger partial charge >= 0.3 is 0 Å². The number of rotatable bonds is 2. The Morgan fingerprint density at radius 1 is 1.91 bits per heavy atom. The third kappa shape index (κ3) is 1.22. The Labute approximate surface area is 64.5 Å². The van der Waals surface area contributed by atoms with Gasteiger partial charge in [-0.05, 0) is 0 Å². The first kappa shape index (κ1) is 7.35. The van der Waals surface area contributed by atoms with Gasteiger partial charge in [0.2, 0.25) is 0 Å². The van der Waals surface area contributed by atoms with Crippen molar-refractivity contribution in [3.8, 4) is 6.07 Å². The average Bonchev–Trinajstić information content (AvgIpc) is 2.34. The molecule has 1 heterocycles. The molecule has 1 rings (SSSR count). The van der Waals surface area contributed by atoms with Crippen LogP contribution in [0.25, 0.3) is 0 Å². The van der Waals surface area contributed by atoms with Gasteiger partial charge in [-0.2, -0.15) is 10.4 Å². The van der Waals surface area contributed by atoms with Gasteiger partial charge in [0, 0.05) is 0 Å². The minimum absolute atomic E-state index is 0.396. The van der Waals surface area contributed by atoms with Crippen LogP contribution in [-0.2, 0) is 6.54 Å². The van der Waals surface area contributed by atoms with Crippen LogP contribution in [0.2, 0.25) is 0 Å². The van der Waals surface area contributed by atoms with Crippen molar-refractivity contribution in [3.63, 3.8) is 0 Å². The number of hydrogen-bond acceptors (Lipinski definition) is 3. The number of hydrogen-bond donors (Lipinski definition) is 1. The Hall–Kier alpha value is -1.76. The summed E-state index contributed by atoms with van der Waals surface area (Å²) >= 11 is 0. The van der Waals surface area contributed by atoms with Crippen molar-refractivity contribution in [3.05, 3.63) is 24.4 Å². The summed E-state index contributed by atoms with van der Waals surface area (Å²) in [6, 6.07) is 1.93. The van der Waals surface area contributed by atoms with Gasteiger partial charge in [-0.1, -0.05) is 6.08 Å². The number of nitrogen functional groups attached to an aromatic ring is 1. The first-order chi connectivity index (χ1) is 5.29. The highest BCUT2D eigenvalue weighted by atomic mass is 15.3. The molecule has 0 aromatic carbocycles. The van der Waals surface area contributed by atoms with Crippen molar-refractivity contribution < 1.29 is 0 Å². The van der Waals surface area contributed by atoms with Crippen LogP contribution in [0.15, 0.2) is 18.9 Å². The van der Waals surface area contributed by atoms with E-state index < -0.39 is 0 Å². The second-order valence-electron chi connectivity index (χ2n) is 2.03. The molecule has 4 nitrogen and oxygen atoms in total. The summed E-state index contributed by atoms with van der Waals surface area (Å²) in [4.78, 5) is 0. The van der Waals surface area contributed by atoms with Crippen LogP contribution in [-0.4, -0.2) is 9.78 Å². The number of aromatic nitrogens is 2. The number of nitrogens with zero attached hydrogens (tertiary/aromatic N) is 3. The maximum absolute atomic E-state index is 8.49. The van der Waals surface area contributed by atoms with E-state index in [1.165, 1.54) is 10.9 Å². The molecule has 4 heteroatoms. The van der Waals surface area contributed by atoms with Crippen LogP contribution >= 0.6 is 0 Å². The SMILES string of the molecule is C=CCn1ncc(C#N)c1N. The molecule has 0 saturated carbocycles. The van der Waals surface area contributed by atoms with Crippen LogP contribution in [0, 0.1) is 11.3 Å². The van der Waals surface area contributed by atoms with Crippen molar-refractivity contribution in [1.29, 1.82) is 5.26 Å². The smallest absolute Gasteiger partial charge is 0.140 e. The summed E-state index contributed by atoms with van der Waals surface area (Å²) in [7, 11) is 0. The molecule has 0 aliphatic carbocycles. The molecule has 0 fully saturated rings. The van der Waals surface area contributed by atoms with Gasteiger partial charge in [0.25, 0.3) is 0 Å². The van der Waals surface area contributed by atoms with Gasteiger partial charge in [-0.3, -0.25) is 0 Å². The molecule has 0 aliphatic heterocycles. The third-order valence-corrected chi connectivity index (χ3v) is 1.30. The maximum Gasteiger partial charge on any atom is 0.140 e. The summed E-state index contributed by atoms with van der Waals surface area (Å²) < 4.78 is 1.52. The van der Waals surface area contributed by atoms with Crippen molar-refractivity contribution >= 4 is 5.82 Å². The molecule has 0 aliphatic rings. The van der Waals surface area contributed by atoms with Crippen LogP contribution in [0.3, 0.4) is 0 Å². The van der Waals surface area contributed by atoms with E-state index in [1.807, 2.05) is 6.07 Å². The number of nitrogens with two attached hydrogens (primary N) is 1. The lowest BCUT2D eigenvalue weighted by Crippen LogP contribution is -2.02. The molecular weight excluding hydrogens is 140 g/mol. The topological polar surface area (TPSA) is 67.6 Å². The first-order valence-electron chi connectivity index (χ1n) is 3.12. The number of anilines is 1. The Balaban J connectivity index is 3.02. The fourth-order valence-electron chi connectivity index (χ4n) is 0.749. The quantitative estimate of drug-likeness (QED) is 0.622. The summed E-state index contributed by atoms with van der Waals surface area (Å²) in [5.41, 5.74) is 5.94. The molecule has 1 aromatic rings. The Morgan fingerprint density at radius 3 is 3.09 bits per heavy atom. The fraction of sp³-hybridized carbons (Fsp3) is 0.143. The first-order valence-corrected chi connectivity index (χ1v) is 3.12. The predicted molar refractivity (Wildman–Crippen MR) is 41.6 cm³/mol. The molecule has 56 valence electrons. The van der Waals surface area contributed by atoms with E-state index in [4.69, 9.17) is 11.0 Å². The maximum atomic E-state index is 8.49. The van der Waals surface area contributed by atoms with Crippen LogP contribution < -0.4 is 5.73 Å². The van der Waals surface area contributed by atoms with Gasteiger partial charge in [-0.15, -0.1) is 6.58 Å². The fourth-order valence-corrected chi connectivity index (χ4v) is 0.749. The van der Waals surface area contributed by atoms with Crippen molar-refractivity contribution in [2.75, 3.05) is 5.73 Å². The zero-order chi connectivity index (χ0) is 8.27. The molecule has 0 amide bonds. The Kier molecular flexibility index (Phi) is 1.93. The zero-order valence-electron chi connectivity index (χ0n) is 5.99. The molecule has 0 bridgehead atoms. The molecule has 11 heavy (non-hydrogen) atoms. The summed E-state index contributed by atoms with van der Waals surface area (Å²) in [5, 5.41) is 12.4. The van der Waals surface area contributed by atoms with Gasteiger partial charge in [-0.25, -0.2) is 4.68 Å². The lowest BCUT2D eigenvalue weighted by atomic mass is 10.4. The van der Waals surface area contributed by atoms with Gasteiger partial charge in [0.15, 0.2) is 0 Å². The molecular formula is C7H8N4. The van der Waals surface area contributed by atoms with Crippen LogP contribution in [0.4, 0.5) is 5.82 Å². The molecule has 0 saturated heterocycles. The third-order valence-electron chi connectivity index (χ3n) is 1.30. The normalized spacial score (nSPS) is 9.00. The largest absolute Gasteiger partial charge is 0.383 e. The van der Waals surface area contributed by atoms with Gasteiger partial charge in [0.05, 0.1) is 12.7 Å². The van der Waals surface area contributed by atoms with Gasteiger partial charge < -0.3 is 5.73 Å². The average molecular weight is 148 g/mol. The molecule has 0 atom stereocenters. The van der Waals surface area contributed by atoms with E-state index in [2.05, 4.69) is 11.7 Å². The summed E-state index contributed by atoms with van der Waals surface area (Å²) in [6.45, 7) is 4.07. The summed E-state index contributed by atoms with van der Waals surface area (Å²) in [5.74, 6) is 0.396. The second kappa shape index (κ2) is 2.88. The second-order valence-corrected chi connectivity index (χ2v) is 2.03. The Morgan fingerprint density at radius 2 is 2.64 bits per heavy atom. The van der Waals surface area contributed by atoms with Crippen molar-refractivity contribution in [1.82, 2.24) is 9.78 Å². The predicted octanol–water partition coefficient (Wildman–Crippen LogP) is 0.523. The zero-order valence-corrected chi connectivity index (χ0v) is 5.99. The van der Waals surface area contributed by atoms with Crippen LogP contribution in [0.5, 0.6) is 0 Å². The van der Waals surface area contributed by atoms with Crippen molar-refractivity contribution in [2.45, 2.75) is 6.54 Å². The van der Waals surface area contributed by atoms with E-state index in [-0.39, 0.29) is 0 Å². The highest BCUT2D eigenvalue weighted by molar-refractivity contribution is 5.47. The highest BCUT2D eigenvalue weighted by Crippen LogP contribution is 2.08. The van der Waals surface area contributed by atoms with E-state index in [1.54, 1.807) is 6.08 Å². The molecule has 1 aromatic heterocycles. The van der Waals surface area contributed by atoms with E-state index in [0.29, 0.717) is 17.9 Å². The minimum atomic E-state index is 0.396. The van der Waals surface area contributed by atoms with E-state index >= 15 is 0 Å². The lowest BCUT2D eigenvalue weighted by molar-refractivity contribution is 0.713. The molecule has 0 radical (unpaired) electrons. The Bertz CT molecular complexity index is 305. The molecule has 0 spiro atoms. The van der Waals surface area contributed by atoms with Crippen LogP contribution in [0.1, 0.15) is 5.56 Å². The summed E-state index contributed by atoms with van der Waals surface area (Å²) in [6.07, 6.45) is 3.11. The minimum Gasteiger partial charge on any atom is -0.383 e. The van der Waals surface area contributed by atoms with E-state index in [0.717, 1.165) is 0 Å². The standard InChI is InChI=1S/C7H8N4/c1-2-3-11-7(9)6(4-8)5-10-11/h2,5H,1,3,9H2. The molecule has 0 unspecified atom stereocenters. The molecule has 2 N–H and O–H groups in total.